The van der Waals surface area contributed by atoms with Gasteiger partial charge in [0.05, 0.1) is 6.04 Å². The lowest BCUT2D eigenvalue weighted by atomic mass is 9.74. The van der Waals surface area contributed by atoms with Gasteiger partial charge in [-0.15, -0.1) is 0 Å². The number of hydrogen-bond donors (Lipinski definition) is 3. The molecule has 0 aromatic rings. The predicted molar refractivity (Wildman–Crippen MR) is 102 cm³/mol. The maximum absolute atomic E-state index is 14.3. The van der Waals surface area contributed by atoms with Gasteiger partial charge in [-0.05, 0) is 75.8 Å². The van der Waals surface area contributed by atoms with Crippen LogP contribution in [-0.2, 0) is 4.79 Å². The highest BCUT2D eigenvalue weighted by molar-refractivity contribution is 5.82. The Hall–Kier alpha value is -0.680. The van der Waals surface area contributed by atoms with Crippen molar-refractivity contribution < 1.29 is 9.18 Å². The Morgan fingerprint density at radius 2 is 1.81 bits per heavy atom. The summed E-state index contributed by atoms with van der Waals surface area (Å²) in [5.41, 5.74) is 0. The second-order valence-electron chi connectivity index (χ2n) is 9.43. The van der Waals surface area contributed by atoms with Gasteiger partial charge in [0.1, 0.15) is 6.17 Å². The number of piperidine rings is 1. The van der Waals surface area contributed by atoms with E-state index in [-0.39, 0.29) is 23.9 Å². The van der Waals surface area contributed by atoms with Crippen LogP contribution in [0.4, 0.5) is 4.39 Å². The fraction of sp³-hybridized carbons (Fsp3) is 0.952. The fourth-order valence-electron chi connectivity index (χ4n) is 6.20. The van der Waals surface area contributed by atoms with E-state index in [4.69, 9.17) is 0 Å². The summed E-state index contributed by atoms with van der Waals surface area (Å²) in [4.78, 5) is 12.8. The highest BCUT2D eigenvalue weighted by Crippen LogP contribution is 2.39. The van der Waals surface area contributed by atoms with Crippen molar-refractivity contribution in [2.24, 2.45) is 23.7 Å². The van der Waals surface area contributed by atoms with Gasteiger partial charge in [0.15, 0.2) is 0 Å². The number of hydrogen-bond acceptors (Lipinski definition) is 3. The number of amides is 1. The van der Waals surface area contributed by atoms with E-state index in [2.05, 4.69) is 22.9 Å². The first-order chi connectivity index (χ1) is 12.6. The molecule has 5 unspecified atom stereocenters. The third-order valence-corrected chi connectivity index (χ3v) is 7.77. The second-order valence-corrected chi connectivity index (χ2v) is 9.43. The molecule has 2 aliphatic carbocycles. The number of nitrogens with one attached hydrogen (secondary N) is 3. The highest BCUT2D eigenvalue weighted by atomic mass is 19.1. The Bertz CT molecular complexity index is 478. The SMILES string of the molecule is CC1CCC(F)C2CC(C(=O)N[C@@H]3CCC[C@@H](C4CCNCC4)C3)NC12. The lowest BCUT2D eigenvalue weighted by Gasteiger charge is -2.37. The standard InChI is InChI=1S/C21H36FN3O/c1-13-5-6-18(22)17-12-19(25-20(13)17)21(26)24-16-4-2-3-15(11-16)14-7-9-23-10-8-14/h13-20,23,25H,2-12H2,1H3,(H,24,26)/t13?,15-,16-,17?,18?,19?,20?/m1/s1. The van der Waals surface area contributed by atoms with Crippen LogP contribution in [-0.4, -0.2) is 43.3 Å². The zero-order valence-electron chi connectivity index (χ0n) is 16.2. The first-order valence-electron chi connectivity index (χ1n) is 11.0. The number of carbonyl (C=O) groups excluding carboxylic acids is 1. The predicted octanol–water partition coefficient (Wildman–Crippen LogP) is 2.78. The minimum atomic E-state index is -0.736. The molecule has 4 nitrogen and oxygen atoms in total. The van der Waals surface area contributed by atoms with Crippen molar-refractivity contribution in [3.05, 3.63) is 0 Å². The molecule has 1 amide bonds. The van der Waals surface area contributed by atoms with Crippen LogP contribution < -0.4 is 16.0 Å². The molecular weight excluding hydrogens is 329 g/mol. The molecule has 4 aliphatic rings. The largest absolute Gasteiger partial charge is 0.352 e. The van der Waals surface area contributed by atoms with E-state index >= 15 is 0 Å². The van der Waals surface area contributed by atoms with Gasteiger partial charge >= 0.3 is 0 Å². The van der Waals surface area contributed by atoms with Crippen LogP contribution in [0.25, 0.3) is 0 Å². The van der Waals surface area contributed by atoms with Crippen LogP contribution in [0.5, 0.6) is 0 Å². The molecule has 4 rings (SSSR count). The summed E-state index contributed by atoms with van der Waals surface area (Å²) in [6.07, 6.45) is 8.91. The summed E-state index contributed by atoms with van der Waals surface area (Å²) in [6, 6.07) is 0.311. The van der Waals surface area contributed by atoms with Crippen molar-refractivity contribution in [2.45, 2.75) is 89.0 Å². The quantitative estimate of drug-likeness (QED) is 0.721. The van der Waals surface area contributed by atoms with Crippen LogP contribution in [0, 0.1) is 23.7 Å². The van der Waals surface area contributed by atoms with E-state index in [0.29, 0.717) is 24.8 Å². The van der Waals surface area contributed by atoms with E-state index < -0.39 is 6.17 Å². The Balaban J connectivity index is 1.30. The number of rotatable bonds is 3. The highest BCUT2D eigenvalue weighted by Gasteiger charge is 2.46. The van der Waals surface area contributed by atoms with Gasteiger partial charge in [-0.2, -0.15) is 0 Å². The Labute approximate surface area is 157 Å². The van der Waals surface area contributed by atoms with E-state index in [0.717, 1.165) is 44.2 Å². The summed E-state index contributed by atoms with van der Waals surface area (Å²) in [5.74, 6) is 2.23. The molecule has 7 atom stereocenters. The average Bonchev–Trinajstić information content (AvgIpc) is 3.13. The van der Waals surface area contributed by atoms with Crippen LogP contribution in [0.1, 0.15) is 64.7 Å². The van der Waals surface area contributed by atoms with Crippen LogP contribution in [0.3, 0.4) is 0 Å². The Morgan fingerprint density at radius 3 is 2.58 bits per heavy atom. The van der Waals surface area contributed by atoms with Crippen molar-refractivity contribution in [2.75, 3.05) is 13.1 Å². The minimum Gasteiger partial charge on any atom is -0.352 e. The smallest absolute Gasteiger partial charge is 0.237 e. The lowest BCUT2D eigenvalue weighted by molar-refractivity contribution is -0.124. The first-order valence-corrected chi connectivity index (χ1v) is 11.0. The fourth-order valence-corrected chi connectivity index (χ4v) is 6.20. The first kappa shape index (κ1) is 18.7. The van der Waals surface area contributed by atoms with Gasteiger partial charge in [-0.3, -0.25) is 4.79 Å². The minimum absolute atomic E-state index is 0.0309. The van der Waals surface area contributed by atoms with Crippen molar-refractivity contribution in [1.82, 2.24) is 16.0 Å². The van der Waals surface area contributed by atoms with Gasteiger partial charge in [-0.25, -0.2) is 4.39 Å². The van der Waals surface area contributed by atoms with Gasteiger partial charge < -0.3 is 16.0 Å². The summed E-state index contributed by atoms with van der Waals surface area (Å²) < 4.78 is 14.3. The monoisotopic (exact) mass is 365 g/mol. The Kier molecular flexibility index (Phi) is 5.84. The van der Waals surface area contributed by atoms with Crippen molar-refractivity contribution in [1.29, 1.82) is 0 Å². The van der Waals surface area contributed by atoms with E-state index in [1.807, 2.05) is 0 Å². The van der Waals surface area contributed by atoms with E-state index in [9.17, 15) is 9.18 Å². The third-order valence-electron chi connectivity index (χ3n) is 7.77. The zero-order chi connectivity index (χ0) is 18.1. The maximum atomic E-state index is 14.3. The Morgan fingerprint density at radius 1 is 1.00 bits per heavy atom. The summed E-state index contributed by atoms with van der Waals surface area (Å²) in [5, 5.41) is 10.3. The van der Waals surface area contributed by atoms with Crippen molar-refractivity contribution >= 4 is 5.91 Å². The molecule has 0 aromatic carbocycles. The number of alkyl halides is 1. The zero-order valence-corrected chi connectivity index (χ0v) is 16.2. The molecule has 2 aliphatic heterocycles. The molecule has 2 saturated heterocycles. The molecular formula is C21H36FN3O. The van der Waals surface area contributed by atoms with Gasteiger partial charge in [0.25, 0.3) is 0 Å². The maximum Gasteiger partial charge on any atom is 0.237 e. The summed E-state index contributed by atoms with van der Waals surface area (Å²) in [7, 11) is 0. The molecule has 0 spiro atoms. The molecule has 26 heavy (non-hydrogen) atoms. The normalized spacial score (nSPS) is 44.5. The van der Waals surface area contributed by atoms with Crippen LogP contribution in [0.15, 0.2) is 0 Å². The molecule has 2 saturated carbocycles. The molecule has 5 heteroatoms. The number of fused-ring (bicyclic) bond motifs is 1. The van der Waals surface area contributed by atoms with Crippen LogP contribution in [0.2, 0.25) is 0 Å². The summed E-state index contributed by atoms with van der Waals surface area (Å²) in [6.45, 7) is 4.49. The molecule has 0 bridgehead atoms. The van der Waals surface area contributed by atoms with Gasteiger partial charge in [0, 0.05) is 18.0 Å². The molecule has 3 N–H and O–H groups in total. The van der Waals surface area contributed by atoms with Gasteiger partial charge in [-0.1, -0.05) is 19.8 Å². The molecule has 2 heterocycles. The molecule has 148 valence electrons. The third kappa shape index (κ3) is 3.94. The van der Waals surface area contributed by atoms with Gasteiger partial charge in [0.2, 0.25) is 5.91 Å². The van der Waals surface area contributed by atoms with Crippen LogP contribution >= 0.6 is 0 Å². The lowest BCUT2D eigenvalue weighted by Crippen LogP contribution is -2.49. The second kappa shape index (κ2) is 8.14. The average molecular weight is 366 g/mol. The van der Waals surface area contributed by atoms with E-state index in [1.54, 1.807) is 0 Å². The number of halogens is 1. The molecule has 0 aromatic heterocycles. The van der Waals surface area contributed by atoms with Crippen molar-refractivity contribution in [3.63, 3.8) is 0 Å². The number of carbonyl (C=O) groups is 1. The molecule has 0 radical (unpaired) electrons. The molecule has 4 fully saturated rings. The summed E-state index contributed by atoms with van der Waals surface area (Å²) >= 11 is 0. The van der Waals surface area contributed by atoms with Crippen molar-refractivity contribution in [3.8, 4) is 0 Å². The van der Waals surface area contributed by atoms with E-state index in [1.165, 1.54) is 25.7 Å². The topological polar surface area (TPSA) is 53.2 Å².